The van der Waals surface area contributed by atoms with Crippen molar-refractivity contribution in [1.29, 1.82) is 0 Å². The molecule has 0 aromatic heterocycles. The number of hydrogen-bond acceptors (Lipinski definition) is 3. The predicted molar refractivity (Wildman–Crippen MR) is 47.0 cm³/mol. The Hall–Kier alpha value is -0.510. The van der Waals surface area contributed by atoms with E-state index in [4.69, 9.17) is 13.9 Å². The summed E-state index contributed by atoms with van der Waals surface area (Å²) in [6.45, 7) is 7.03. The third-order valence-electron chi connectivity index (χ3n) is 1.12. The first-order valence-electron chi connectivity index (χ1n) is 3.24. The van der Waals surface area contributed by atoms with Gasteiger partial charge in [0.05, 0.1) is 0 Å². The highest BCUT2D eigenvalue weighted by Crippen LogP contribution is 1.94. The Morgan fingerprint density at radius 1 is 1.00 bits per heavy atom. The molecule has 0 rings (SSSR count). The molecule has 0 atom stereocenters. The highest BCUT2D eigenvalue weighted by Gasteiger charge is 2.19. The van der Waals surface area contributed by atoms with Crippen molar-refractivity contribution in [2.75, 3.05) is 14.2 Å². The van der Waals surface area contributed by atoms with Gasteiger partial charge in [0.15, 0.2) is 0 Å². The van der Waals surface area contributed by atoms with Crippen LogP contribution in [-0.2, 0) is 13.9 Å². The molecule has 11 heavy (non-hydrogen) atoms. The summed E-state index contributed by atoms with van der Waals surface area (Å²) in [5.41, 5.74) is 0. The fraction of sp³-hybridized carbons (Fsp3) is 0.333. The summed E-state index contributed by atoms with van der Waals surface area (Å²) >= 11 is 0. The molecule has 0 bridgehead atoms. The molecule has 0 radical (unpaired) electrons. The predicted octanol–water partition coefficient (Wildman–Crippen LogP) is 0.723. The molecule has 0 aliphatic rings. The van der Waals surface area contributed by atoms with Crippen LogP contribution in [0.1, 0.15) is 0 Å². The molecule has 0 aromatic rings. The summed E-state index contributed by atoms with van der Waals surface area (Å²) in [6.07, 6.45) is 0. The molecule has 0 fully saturated rings. The van der Waals surface area contributed by atoms with E-state index in [0.29, 0.717) is 0 Å². The topological polar surface area (TPSA) is 27.7 Å². The molecule has 0 saturated heterocycles. The van der Waals surface area contributed by atoms with Gasteiger partial charge in [0.1, 0.15) is 0 Å². The van der Waals surface area contributed by atoms with E-state index in [9.17, 15) is 0 Å². The van der Waals surface area contributed by atoms with Gasteiger partial charge in [-0.2, -0.15) is 0 Å². The molecule has 0 heterocycles. The minimum absolute atomic E-state index is 0.446. The first-order chi connectivity index (χ1) is 5.28. The highest BCUT2D eigenvalue weighted by atomic mass is 16.6. The lowest BCUT2D eigenvalue weighted by Gasteiger charge is -2.10. The fourth-order valence-electron chi connectivity index (χ4n) is 0.547. The lowest BCUT2D eigenvalue weighted by Crippen LogP contribution is -2.29. The van der Waals surface area contributed by atoms with Crippen molar-refractivity contribution < 1.29 is 13.9 Å². The largest absolute Gasteiger partial charge is 0.471 e. The molecule has 5 heteroatoms. The van der Waals surface area contributed by atoms with E-state index >= 15 is 0 Å². The van der Waals surface area contributed by atoms with Crippen molar-refractivity contribution >= 4 is 14.2 Å². The molecular formula is C6H12B2O3. The van der Waals surface area contributed by atoms with Crippen LogP contribution in [0, 0.1) is 0 Å². The van der Waals surface area contributed by atoms with Crippen LogP contribution < -0.4 is 0 Å². The highest BCUT2D eigenvalue weighted by molar-refractivity contribution is 6.64. The summed E-state index contributed by atoms with van der Waals surface area (Å²) in [5.74, 6) is 3.07. The molecule has 0 amide bonds. The molecule has 0 aliphatic heterocycles. The molecule has 60 valence electrons. The second-order valence-corrected chi connectivity index (χ2v) is 1.82. The van der Waals surface area contributed by atoms with Crippen LogP contribution in [0.25, 0.3) is 0 Å². The Morgan fingerprint density at radius 3 is 1.55 bits per heavy atom. The van der Waals surface area contributed by atoms with Gasteiger partial charge in [-0.1, -0.05) is 12.0 Å². The summed E-state index contributed by atoms with van der Waals surface area (Å²) in [7, 11) is 2.17. The second kappa shape index (κ2) is 6.22. The molecular weight excluding hydrogens is 142 g/mol. The van der Waals surface area contributed by atoms with E-state index in [2.05, 4.69) is 13.2 Å². The van der Waals surface area contributed by atoms with E-state index in [1.807, 2.05) is 0 Å². The Balaban J connectivity index is 3.76. The molecule has 0 aromatic carbocycles. The zero-order chi connectivity index (χ0) is 8.69. The Morgan fingerprint density at radius 2 is 1.36 bits per heavy atom. The van der Waals surface area contributed by atoms with E-state index in [1.165, 1.54) is 26.2 Å². The summed E-state index contributed by atoms with van der Waals surface area (Å²) in [5, 5.41) is 0. The first kappa shape index (κ1) is 10.5. The zero-order valence-electron chi connectivity index (χ0n) is 6.95. The third-order valence-corrected chi connectivity index (χ3v) is 1.12. The van der Waals surface area contributed by atoms with Crippen LogP contribution in [0.3, 0.4) is 0 Å². The Bertz CT molecular complexity index is 115. The minimum Gasteiger partial charge on any atom is -0.444 e. The van der Waals surface area contributed by atoms with Gasteiger partial charge in [-0.15, -0.1) is 13.2 Å². The fourth-order valence-corrected chi connectivity index (χ4v) is 0.547. The quantitative estimate of drug-likeness (QED) is 0.527. The van der Waals surface area contributed by atoms with Gasteiger partial charge in [-0.25, -0.2) is 0 Å². The molecule has 0 N–H and O–H groups in total. The van der Waals surface area contributed by atoms with Crippen molar-refractivity contribution in [3.63, 3.8) is 0 Å². The smallest absolute Gasteiger partial charge is 0.444 e. The normalized spacial score (nSPS) is 8.91. The maximum Gasteiger partial charge on any atom is 0.471 e. The van der Waals surface area contributed by atoms with Crippen molar-refractivity contribution in [2.24, 2.45) is 0 Å². The average molecular weight is 154 g/mol. The monoisotopic (exact) mass is 154 g/mol. The van der Waals surface area contributed by atoms with Gasteiger partial charge < -0.3 is 13.9 Å². The number of hydrogen-bond donors (Lipinski definition) is 0. The van der Waals surface area contributed by atoms with Crippen molar-refractivity contribution in [1.82, 2.24) is 0 Å². The molecule has 0 aliphatic carbocycles. The summed E-state index contributed by atoms with van der Waals surface area (Å²) in [4.78, 5) is 0. The van der Waals surface area contributed by atoms with Crippen LogP contribution in [0.4, 0.5) is 0 Å². The molecule has 0 unspecified atom stereocenters. The molecule has 0 saturated carbocycles. The van der Waals surface area contributed by atoms with Crippen molar-refractivity contribution in [3.05, 3.63) is 25.1 Å². The van der Waals surface area contributed by atoms with Crippen LogP contribution in [0.15, 0.2) is 25.1 Å². The lowest BCUT2D eigenvalue weighted by atomic mass is 9.81. The van der Waals surface area contributed by atoms with Gasteiger partial charge >= 0.3 is 14.2 Å². The summed E-state index contributed by atoms with van der Waals surface area (Å²) in [6, 6.07) is 0. The SMILES string of the molecule is C=CB(OC)OB(C=C)OC. The van der Waals surface area contributed by atoms with E-state index in [1.54, 1.807) is 0 Å². The van der Waals surface area contributed by atoms with E-state index in [0.717, 1.165) is 0 Å². The standard InChI is InChI=1S/C6H12B2O3/c1-5-7(9-3)11-8(6-2)10-4/h5-6H,1-2H2,3-4H3. The second-order valence-electron chi connectivity index (χ2n) is 1.82. The van der Waals surface area contributed by atoms with E-state index in [-0.39, 0.29) is 0 Å². The number of rotatable bonds is 6. The van der Waals surface area contributed by atoms with Crippen LogP contribution in [0.2, 0.25) is 0 Å². The molecule has 0 spiro atoms. The van der Waals surface area contributed by atoms with Crippen molar-refractivity contribution in [2.45, 2.75) is 0 Å². The van der Waals surface area contributed by atoms with Crippen LogP contribution in [-0.4, -0.2) is 28.5 Å². The lowest BCUT2D eigenvalue weighted by molar-refractivity contribution is 0.295. The molecule has 3 nitrogen and oxygen atoms in total. The van der Waals surface area contributed by atoms with E-state index < -0.39 is 14.2 Å². The van der Waals surface area contributed by atoms with Gasteiger partial charge in [0, 0.05) is 14.2 Å². The first-order valence-corrected chi connectivity index (χ1v) is 3.24. The van der Waals surface area contributed by atoms with Crippen molar-refractivity contribution in [3.8, 4) is 0 Å². The van der Waals surface area contributed by atoms with Crippen LogP contribution >= 0.6 is 0 Å². The van der Waals surface area contributed by atoms with Gasteiger partial charge in [-0.3, -0.25) is 0 Å². The minimum atomic E-state index is -0.446. The van der Waals surface area contributed by atoms with Crippen LogP contribution in [0.5, 0.6) is 0 Å². The van der Waals surface area contributed by atoms with Gasteiger partial charge in [0.25, 0.3) is 0 Å². The summed E-state index contributed by atoms with van der Waals surface area (Å²) < 4.78 is 14.9. The maximum atomic E-state index is 5.17. The maximum absolute atomic E-state index is 5.17. The van der Waals surface area contributed by atoms with Gasteiger partial charge in [0.2, 0.25) is 0 Å². The Labute approximate surface area is 68.3 Å². The Kier molecular flexibility index (Phi) is 5.93. The average Bonchev–Trinajstić information content (AvgIpc) is 2.07. The zero-order valence-corrected chi connectivity index (χ0v) is 6.95. The van der Waals surface area contributed by atoms with Gasteiger partial charge in [-0.05, 0) is 0 Å². The third kappa shape index (κ3) is 4.03.